The minimum atomic E-state index is -4.34. The van der Waals surface area contributed by atoms with Crippen LogP contribution in [0.1, 0.15) is 25.3 Å². The molecule has 0 saturated heterocycles. The highest BCUT2D eigenvalue weighted by Crippen LogP contribution is 2.29. The molecule has 0 aliphatic carbocycles. The van der Waals surface area contributed by atoms with Gasteiger partial charge in [0.25, 0.3) is 0 Å². The molecular formula is C11H14ClF3N2. The van der Waals surface area contributed by atoms with Gasteiger partial charge in [0.05, 0.1) is 5.56 Å². The lowest BCUT2D eigenvalue weighted by Gasteiger charge is -2.10. The van der Waals surface area contributed by atoms with E-state index in [1.54, 1.807) is 0 Å². The number of pyridine rings is 1. The van der Waals surface area contributed by atoms with Crippen molar-refractivity contribution in [1.29, 1.82) is 0 Å². The van der Waals surface area contributed by atoms with Gasteiger partial charge in [-0.1, -0.05) is 6.92 Å². The van der Waals surface area contributed by atoms with Gasteiger partial charge >= 0.3 is 6.18 Å². The lowest BCUT2D eigenvalue weighted by molar-refractivity contribution is -0.137. The van der Waals surface area contributed by atoms with E-state index < -0.39 is 11.7 Å². The third-order valence-corrected chi connectivity index (χ3v) is 2.82. The van der Waals surface area contributed by atoms with Crippen LogP contribution in [0.15, 0.2) is 18.3 Å². The Balaban J connectivity index is 2.55. The minimum Gasteiger partial charge on any atom is -0.370 e. The summed E-state index contributed by atoms with van der Waals surface area (Å²) in [5, 5.41) is 2.86. The molecule has 1 N–H and O–H groups in total. The predicted octanol–water partition coefficient (Wildman–Crippen LogP) is 3.92. The first-order chi connectivity index (χ1) is 7.93. The Bertz CT molecular complexity index is 355. The first-order valence-corrected chi connectivity index (χ1v) is 5.78. The molecule has 1 rings (SSSR count). The van der Waals surface area contributed by atoms with Crippen molar-refractivity contribution in [1.82, 2.24) is 4.98 Å². The molecule has 0 saturated carbocycles. The van der Waals surface area contributed by atoms with Gasteiger partial charge in [0.2, 0.25) is 0 Å². The van der Waals surface area contributed by atoms with Gasteiger partial charge in [-0.2, -0.15) is 13.2 Å². The molecular weight excluding hydrogens is 253 g/mol. The number of halogens is 4. The summed E-state index contributed by atoms with van der Waals surface area (Å²) in [7, 11) is 0. The molecule has 0 aromatic carbocycles. The Morgan fingerprint density at radius 3 is 2.76 bits per heavy atom. The van der Waals surface area contributed by atoms with E-state index in [9.17, 15) is 13.2 Å². The average molecular weight is 267 g/mol. The zero-order valence-corrected chi connectivity index (χ0v) is 10.1. The summed E-state index contributed by atoms with van der Waals surface area (Å²) in [5.41, 5.74) is -0.701. The van der Waals surface area contributed by atoms with Crippen LogP contribution < -0.4 is 5.32 Å². The zero-order chi connectivity index (χ0) is 12.9. The zero-order valence-electron chi connectivity index (χ0n) is 9.39. The third kappa shape index (κ3) is 4.81. The van der Waals surface area contributed by atoms with Gasteiger partial charge in [0.1, 0.15) is 5.82 Å². The molecule has 0 fully saturated rings. The molecule has 1 atom stereocenters. The van der Waals surface area contributed by atoms with Crippen LogP contribution in [0.5, 0.6) is 0 Å². The molecule has 0 amide bonds. The van der Waals surface area contributed by atoms with Gasteiger partial charge < -0.3 is 5.32 Å². The van der Waals surface area contributed by atoms with Crippen molar-refractivity contribution >= 4 is 17.4 Å². The second-order valence-electron chi connectivity index (χ2n) is 3.65. The van der Waals surface area contributed by atoms with Gasteiger partial charge in [-0.25, -0.2) is 4.98 Å². The number of alkyl halides is 4. The van der Waals surface area contributed by atoms with E-state index in [0.29, 0.717) is 13.0 Å². The quantitative estimate of drug-likeness (QED) is 0.817. The fourth-order valence-electron chi connectivity index (χ4n) is 1.26. The molecule has 2 nitrogen and oxygen atoms in total. The molecule has 0 radical (unpaired) electrons. The highest BCUT2D eigenvalue weighted by atomic mass is 35.5. The van der Waals surface area contributed by atoms with E-state index in [0.717, 1.165) is 24.8 Å². The van der Waals surface area contributed by atoms with E-state index in [1.165, 1.54) is 0 Å². The first-order valence-electron chi connectivity index (χ1n) is 5.34. The Labute approximate surface area is 103 Å². The summed E-state index contributed by atoms with van der Waals surface area (Å²) >= 11 is 5.89. The SMILES string of the molecule is CCC(Cl)CCNc1cc(C(F)(F)F)ccn1. The van der Waals surface area contributed by atoms with Crippen molar-refractivity contribution in [2.24, 2.45) is 0 Å². The molecule has 0 bridgehead atoms. The number of hydrogen-bond donors (Lipinski definition) is 1. The highest BCUT2D eigenvalue weighted by Gasteiger charge is 2.30. The molecule has 17 heavy (non-hydrogen) atoms. The Kier molecular flexibility index (Phi) is 5.05. The van der Waals surface area contributed by atoms with Gasteiger partial charge in [-0.3, -0.25) is 0 Å². The summed E-state index contributed by atoms with van der Waals surface area (Å²) in [5.74, 6) is 0.222. The number of aromatic nitrogens is 1. The van der Waals surface area contributed by atoms with Crippen LogP contribution in [-0.2, 0) is 6.18 Å². The number of nitrogens with zero attached hydrogens (tertiary/aromatic N) is 1. The fourth-order valence-corrected chi connectivity index (χ4v) is 1.37. The van der Waals surface area contributed by atoms with Crippen LogP contribution in [0.25, 0.3) is 0 Å². The maximum atomic E-state index is 12.4. The minimum absolute atomic E-state index is 0.0355. The third-order valence-electron chi connectivity index (χ3n) is 2.29. The van der Waals surface area contributed by atoms with Crippen LogP contribution in [-0.4, -0.2) is 16.9 Å². The van der Waals surface area contributed by atoms with Crippen molar-refractivity contribution in [3.63, 3.8) is 0 Å². The average Bonchev–Trinajstić information content (AvgIpc) is 2.28. The fraction of sp³-hybridized carbons (Fsp3) is 0.545. The number of hydrogen-bond acceptors (Lipinski definition) is 2. The molecule has 0 spiro atoms. The Morgan fingerprint density at radius 1 is 1.47 bits per heavy atom. The Morgan fingerprint density at radius 2 is 2.18 bits per heavy atom. The van der Waals surface area contributed by atoms with Crippen LogP contribution >= 0.6 is 11.6 Å². The molecule has 1 unspecified atom stereocenters. The molecule has 1 heterocycles. The van der Waals surface area contributed by atoms with E-state index in [1.807, 2.05) is 6.92 Å². The summed E-state index contributed by atoms with van der Waals surface area (Å²) in [6.07, 6.45) is -1.67. The normalized spacial score (nSPS) is 13.5. The summed E-state index contributed by atoms with van der Waals surface area (Å²) in [6, 6.07) is 1.94. The smallest absolute Gasteiger partial charge is 0.370 e. The van der Waals surface area contributed by atoms with E-state index in [2.05, 4.69) is 10.3 Å². The Hall–Kier alpha value is -0.970. The summed E-state index contributed by atoms with van der Waals surface area (Å²) in [4.78, 5) is 3.82. The molecule has 0 aliphatic rings. The van der Waals surface area contributed by atoms with Gasteiger partial charge in [0, 0.05) is 18.1 Å². The largest absolute Gasteiger partial charge is 0.416 e. The van der Waals surface area contributed by atoms with Gasteiger partial charge in [0.15, 0.2) is 0 Å². The highest BCUT2D eigenvalue weighted by molar-refractivity contribution is 6.20. The summed E-state index contributed by atoms with van der Waals surface area (Å²) in [6.45, 7) is 2.47. The second kappa shape index (κ2) is 6.10. The maximum absolute atomic E-state index is 12.4. The van der Waals surface area contributed by atoms with Gasteiger partial charge in [-0.05, 0) is 25.0 Å². The van der Waals surface area contributed by atoms with Crippen molar-refractivity contribution < 1.29 is 13.2 Å². The van der Waals surface area contributed by atoms with Crippen LogP contribution in [0.4, 0.5) is 19.0 Å². The molecule has 6 heteroatoms. The topological polar surface area (TPSA) is 24.9 Å². The second-order valence-corrected chi connectivity index (χ2v) is 4.27. The van der Waals surface area contributed by atoms with Crippen LogP contribution in [0.2, 0.25) is 0 Å². The number of anilines is 1. The van der Waals surface area contributed by atoms with E-state index in [4.69, 9.17) is 11.6 Å². The lowest BCUT2D eigenvalue weighted by atomic mass is 10.2. The van der Waals surface area contributed by atoms with E-state index >= 15 is 0 Å². The van der Waals surface area contributed by atoms with Crippen LogP contribution in [0.3, 0.4) is 0 Å². The summed E-state index contributed by atoms with van der Waals surface area (Å²) < 4.78 is 37.2. The van der Waals surface area contributed by atoms with E-state index in [-0.39, 0.29) is 11.2 Å². The monoisotopic (exact) mass is 266 g/mol. The molecule has 0 aliphatic heterocycles. The maximum Gasteiger partial charge on any atom is 0.416 e. The van der Waals surface area contributed by atoms with Crippen molar-refractivity contribution in [2.75, 3.05) is 11.9 Å². The molecule has 1 aromatic rings. The van der Waals surface area contributed by atoms with Crippen LogP contribution in [0, 0.1) is 0 Å². The van der Waals surface area contributed by atoms with Crippen molar-refractivity contribution in [3.8, 4) is 0 Å². The van der Waals surface area contributed by atoms with Gasteiger partial charge in [-0.15, -0.1) is 11.6 Å². The lowest BCUT2D eigenvalue weighted by Crippen LogP contribution is -2.11. The first kappa shape index (κ1) is 14.1. The molecule has 1 aromatic heterocycles. The molecule has 96 valence electrons. The van der Waals surface area contributed by atoms with Crippen molar-refractivity contribution in [3.05, 3.63) is 23.9 Å². The van der Waals surface area contributed by atoms with Crippen molar-refractivity contribution in [2.45, 2.75) is 31.3 Å². The number of rotatable bonds is 5. The number of nitrogens with one attached hydrogen (secondary N) is 1. The predicted molar refractivity (Wildman–Crippen MR) is 62.3 cm³/mol. The standard InChI is InChI=1S/C11H14ClF3N2/c1-2-9(12)4-6-17-10-7-8(3-5-16-10)11(13,14)15/h3,5,7,9H,2,4,6H2,1H3,(H,16,17).